The molecule has 0 aliphatic heterocycles. The van der Waals surface area contributed by atoms with Crippen molar-refractivity contribution in [2.24, 2.45) is 0 Å². The van der Waals surface area contributed by atoms with Crippen molar-refractivity contribution in [3.63, 3.8) is 0 Å². The molecule has 0 fully saturated rings. The lowest BCUT2D eigenvalue weighted by Gasteiger charge is -2.20. The fourth-order valence-corrected chi connectivity index (χ4v) is 2.04. The summed E-state index contributed by atoms with van der Waals surface area (Å²) in [7, 11) is 4.88. The minimum atomic E-state index is -0.556. The summed E-state index contributed by atoms with van der Waals surface area (Å²) in [5.74, 6) is 1.03. The predicted molar refractivity (Wildman–Crippen MR) is 72.7 cm³/mol. The third kappa shape index (κ3) is 3.17. The van der Waals surface area contributed by atoms with E-state index in [-0.39, 0.29) is 5.97 Å². The number of ether oxygens (including phenoxy) is 3. The molecular weight excluding hydrogens is 246 g/mol. The molecule has 1 unspecified atom stereocenters. The summed E-state index contributed by atoms with van der Waals surface area (Å²) in [6.45, 7) is 4.01. The highest BCUT2D eigenvalue weighted by molar-refractivity contribution is 5.79. The van der Waals surface area contributed by atoms with E-state index in [1.54, 1.807) is 28.2 Å². The summed E-state index contributed by atoms with van der Waals surface area (Å²) in [5, 5.41) is 2.95. The van der Waals surface area contributed by atoms with Gasteiger partial charge in [-0.1, -0.05) is 0 Å². The van der Waals surface area contributed by atoms with E-state index in [2.05, 4.69) is 5.32 Å². The molecule has 0 saturated carbocycles. The normalized spacial score (nSPS) is 11.8. The van der Waals surface area contributed by atoms with Crippen LogP contribution in [0.2, 0.25) is 0 Å². The number of nitrogens with one attached hydrogen (secondary N) is 1. The second-order valence-corrected chi connectivity index (χ2v) is 3.99. The molecule has 0 saturated heterocycles. The van der Waals surface area contributed by atoms with Crippen molar-refractivity contribution in [2.45, 2.75) is 19.9 Å². The van der Waals surface area contributed by atoms with Gasteiger partial charge < -0.3 is 19.5 Å². The zero-order chi connectivity index (χ0) is 14.4. The summed E-state index contributed by atoms with van der Waals surface area (Å²) in [6.07, 6.45) is 0. The Morgan fingerprint density at radius 3 is 2.47 bits per heavy atom. The smallest absolute Gasteiger partial charge is 0.327 e. The standard InChI is InChI=1S/C14H21NO4/c1-6-19-14(16)12(15-3)10-7-8-11(17-4)9(2)13(10)18-5/h7-8,12,15H,6H2,1-5H3. The van der Waals surface area contributed by atoms with E-state index < -0.39 is 6.04 Å². The predicted octanol–water partition coefficient (Wildman–Crippen LogP) is 1.84. The van der Waals surface area contributed by atoms with Gasteiger partial charge in [0.1, 0.15) is 17.5 Å². The fourth-order valence-electron chi connectivity index (χ4n) is 2.04. The van der Waals surface area contributed by atoms with Crippen LogP contribution in [0.4, 0.5) is 0 Å². The van der Waals surface area contributed by atoms with Gasteiger partial charge in [-0.25, -0.2) is 4.79 Å². The Morgan fingerprint density at radius 2 is 2.00 bits per heavy atom. The molecule has 1 N–H and O–H groups in total. The zero-order valence-corrected chi connectivity index (χ0v) is 12.1. The topological polar surface area (TPSA) is 56.8 Å². The average Bonchev–Trinajstić information content (AvgIpc) is 2.40. The molecule has 1 atom stereocenters. The first-order valence-electron chi connectivity index (χ1n) is 6.16. The highest BCUT2D eigenvalue weighted by Gasteiger charge is 2.25. The number of hydrogen-bond donors (Lipinski definition) is 1. The first-order chi connectivity index (χ1) is 9.10. The van der Waals surface area contributed by atoms with Gasteiger partial charge in [0.25, 0.3) is 0 Å². The lowest BCUT2D eigenvalue weighted by atomic mass is 10.0. The van der Waals surface area contributed by atoms with Gasteiger partial charge in [-0.05, 0) is 33.0 Å². The molecule has 0 spiro atoms. The number of benzene rings is 1. The van der Waals surface area contributed by atoms with E-state index in [1.807, 2.05) is 19.1 Å². The van der Waals surface area contributed by atoms with Crippen molar-refractivity contribution < 1.29 is 19.0 Å². The number of rotatable bonds is 6. The van der Waals surface area contributed by atoms with Gasteiger partial charge in [-0.3, -0.25) is 0 Å². The highest BCUT2D eigenvalue weighted by atomic mass is 16.5. The summed E-state index contributed by atoms with van der Waals surface area (Å²) >= 11 is 0. The van der Waals surface area contributed by atoms with E-state index in [4.69, 9.17) is 14.2 Å². The van der Waals surface area contributed by atoms with Crippen LogP contribution in [0.3, 0.4) is 0 Å². The fraction of sp³-hybridized carbons (Fsp3) is 0.500. The molecule has 5 heteroatoms. The quantitative estimate of drug-likeness (QED) is 0.797. The maximum Gasteiger partial charge on any atom is 0.327 e. The first kappa shape index (κ1) is 15.3. The van der Waals surface area contributed by atoms with Gasteiger partial charge in [0.15, 0.2) is 0 Å². The molecule has 1 rings (SSSR count). The van der Waals surface area contributed by atoms with Gasteiger partial charge in [-0.15, -0.1) is 0 Å². The Labute approximate surface area is 113 Å². The van der Waals surface area contributed by atoms with Gasteiger partial charge in [0, 0.05) is 11.1 Å². The van der Waals surface area contributed by atoms with Crippen LogP contribution in [0.5, 0.6) is 11.5 Å². The number of esters is 1. The zero-order valence-electron chi connectivity index (χ0n) is 12.1. The maximum atomic E-state index is 11.9. The van der Waals surface area contributed by atoms with Crippen molar-refractivity contribution in [2.75, 3.05) is 27.9 Å². The molecule has 0 heterocycles. The third-order valence-corrected chi connectivity index (χ3v) is 2.93. The summed E-state index contributed by atoms with van der Waals surface area (Å²) in [6, 6.07) is 3.07. The van der Waals surface area contributed by atoms with Gasteiger partial charge in [0.2, 0.25) is 0 Å². The Morgan fingerprint density at radius 1 is 1.32 bits per heavy atom. The molecule has 0 radical (unpaired) electrons. The third-order valence-electron chi connectivity index (χ3n) is 2.93. The minimum Gasteiger partial charge on any atom is -0.496 e. The Kier molecular flexibility index (Phi) is 5.63. The maximum absolute atomic E-state index is 11.9. The van der Waals surface area contributed by atoms with E-state index in [1.165, 1.54) is 0 Å². The average molecular weight is 267 g/mol. The second kappa shape index (κ2) is 6.99. The molecule has 19 heavy (non-hydrogen) atoms. The van der Waals surface area contributed by atoms with E-state index in [0.717, 1.165) is 16.9 Å². The first-order valence-corrected chi connectivity index (χ1v) is 6.16. The van der Waals surface area contributed by atoms with Crippen molar-refractivity contribution in [3.8, 4) is 11.5 Å². The van der Waals surface area contributed by atoms with Crippen LogP contribution in [0.25, 0.3) is 0 Å². The van der Waals surface area contributed by atoms with Crippen LogP contribution in [0.1, 0.15) is 24.1 Å². The van der Waals surface area contributed by atoms with Crippen LogP contribution >= 0.6 is 0 Å². The van der Waals surface area contributed by atoms with Crippen LogP contribution < -0.4 is 14.8 Å². The second-order valence-electron chi connectivity index (χ2n) is 3.99. The summed E-state index contributed by atoms with van der Waals surface area (Å²) < 4.78 is 15.7. The number of carbonyl (C=O) groups excluding carboxylic acids is 1. The van der Waals surface area contributed by atoms with Crippen molar-refractivity contribution in [1.82, 2.24) is 5.32 Å². The minimum absolute atomic E-state index is 0.326. The Bertz CT molecular complexity index is 445. The summed E-state index contributed by atoms with van der Waals surface area (Å²) in [5.41, 5.74) is 1.59. The number of methoxy groups -OCH3 is 2. The SMILES string of the molecule is CCOC(=O)C(NC)c1ccc(OC)c(C)c1OC. The Balaban J connectivity index is 3.24. The molecule has 0 amide bonds. The lowest BCUT2D eigenvalue weighted by molar-refractivity contribution is -0.145. The molecule has 0 aliphatic rings. The lowest BCUT2D eigenvalue weighted by Crippen LogP contribution is -2.28. The molecule has 1 aromatic rings. The van der Waals surface area contributed by atoms with Crippen LogP contribution in [0.15, 0.2) is 12.1 Å². The molecule has 1 aromatic carbocycles. The number of carbonyl (C=O) groups is 1. The molecule has 0 aromatic heterocycles. The molecule has 0 bridgehead atoms. The molecular formula is C14H21NO4. The molecule has 5 nitrogen and oxygen atoms in total. The van der Waals surface area contributed by atoms with E-state index >= 15 is 0 Å². The monoisotopic (exact) mass is 267 g/mol. The molecule has 106 valence electrons. The highest BCUT2D eigenvalue weighted by Crippen LogP contribution is 2.35. The van der Waals surface area contributed by atoms with Crippen molar-refractivity contribution >= 4 is 5.97 Å². The van der Waals surface area contributed by atoms with Crippen LogP contribution in [-0.4, -0.2) is 33.8 Å². The number of likely N-dealkylation sites (N-methyl/N-ethyl adjacent to an activating group) is 1. The van der Waals surface area contributed by atoms with Crippen molar-refractivity contribution in [1.29, 1.82) is 0 Å². The van der Waals surface area contributed by atoms with Gasteiger partial charge >= 0.3 is 5.97 Å². The van der Waals surface area contributed by atoms with Gasteiger partial charge in [0.05, 0.1) is 20.8 Å². The Hall–Kier alpha value is -1.75. The largest absolute Gasteiger partial charge is 0.496 e. The van der Waals surface area contributed by atoms with E-state index in [0.29, 0.717) is 12.4 Å². The van der Waals surface area contributed by atoms with Crippen LogP contribution in [0, 0.1) is 6.92 Å². The van der Waals surface area contributed by atoms with Crippen LogP contribution in [-0.2, 0) is 9.53 Å². The summed E-state index contributed by atoms with van der Waals surface area (Å²) in [4.78, 5) is 11.9. The molecule has 0 aliphatic carbocycles. The van der Waals surface area contributed by atoms with Crippen molar-refractivity contribution in [3.05, 3.63) is 23.3 Å². The van der Waals surface area contributed by atoms with E-state index in [9.17, 15) is 4.79 Å². The van der Waals surface area contributed by atoms with Gasteiger partial charge in [-0.2, -0.15) is 0 Å². The number of hydrogen-bond acceptors (Lipinski definition) is 5.